The van der Waals surface area contributed by atoms with Crippen LogP contribution in [0.25, 0.3) is 0 Å². The molecule has 1 atom stereocenters. The van der Waals surface area contributed by atoms with Crippen molar-refractivity contribution in [3.8, 4) is 0 Å². The van der Waals surface area contributed by atoms with Crippen LogP contribution < -0.4 is 11.0 Å². The molecule has 0 saturated heterocycles. The molecule has 114 valence electrons. The molecule has 0 bridgehead atoms. The quantitative estimate of drug-likeness (QED) is 0.757. The Morgan fingerprint density at radius 1 is 1.45 bits per heavy atom. The second-order valence-corrected chi connectivity index (χ2v) is 6.63. The number of nitrogens with one attached hydrogen (secondary N) is 2. The van der Waals surface area contributed by atoms with Gasteiger partial charge in [0.1, 0.15) is 0 Å². The zero-order chi connectivity index (χ0) is 14.4. The molecule has 0 aliphatic heterocycles. The van der Waals surface area contributed by atoms with Gasteiger partial charge in [0.15, 0.2) is 5.16 Å². The number of nitrogens with zero attached hydrogens (tertiary/aromatic N) is 2. The van der Waals surface area contributed by atoms with Crippen molar-refractivity contribution in [3.05, 3.63) is 10.5 Å². The Morgan fingerprint density at radius 3 is 2.80 bits per heavy atom. The van der Waals surface area contributed by atoms with Gasteiger partial charge in [-0.05, 0) is 31.7 Å². The van der Waals surface area contributed by atoms with E-state index in [0.29, 0.717) is 6.04 Å². The summed E-state index contributed by atoms with van der Waals surface area (Å²) in [7, 11) is 1.77. The van der Waals surface area contributed by atoms with Crippen molar-refractivity contribution in [2.75, 3.05) is 12.3 Å². The van der Waals surface area contributed by atoms with Gasteiger partial charge in [-0.15, -0.1) is 5.10 Å². The molecule has 1 aromatic rings. The van der Waals surface area contributed by atoms with Gasteiger partial charge in [-0.1, -0.05) is 37.9 Å². The number of H-pyrrole nitrogens is 1. The molecule has 1 aliphatic rings. The third kappa shape index (κ3) is 4.12. The molecule has 0 radical (unpaired) electrons. The zero-order valence-corrected chi connectivity index (χ0v) is 13.3. The molecule has 2 N–H and O–H groups in total. The SMILES string of the molecule is CCCNC(CSc1n[nH]c(=O)n1C)C1CCCCC1. The Bertz CT molecular complexity index is 450. The minimum atomic E-state index is -0.136. The van der Waals surface area contributed by atoms with Crippen LogP contribution in [0.3, 0.4) is 0 Å². The molecule has 20 heavy (non-hydrogen) atoms. The summed E-state index contributed by atoms with van der Waals surface area (Å²) in [4.78, 5) is 11.4. The highest BCUT2D eigenvalue weighted by Crippen LogP contribution is 2.29. The Balaban J connectivity index is 1.92. The van der Waals surface area contributed by atoms with E-state index in [2.05, 4.69) is 22.4 Å². The fraction of sp³-hybridized carbons (Fsp3) is 0.857. The first-order valence-corrected chi connectivity index (χ1v) is 8.68. The summed E-state index contributed by atoms with van der Waals surface area (Å²) in [6.45, 7) is 3.27. The van der Waals surface area contributed by atoms with Crippen LogP contribution in [0.2, 0.25) is 0 Å². The largest absolute Gasteiger partial charge is 0.343 e. The predicted molar refractivity (Wildman–Crippen MR) is 83.2 cm³/mol. The van der Waals surface area contributed by atoms with Crippen LogP contribution in [0, 0.1) is 5.92 Å². The maximum Gasteiger partial charge on any atom is 0.343 e. The van der Waals surface area contributed by atoms with Gasteiger partial charge in [0.2, 0.25) is 0 Å². The highest BCUT2D eigenvalue weighted by Gasteiger charge is 2.23. The molecule has 5 nitrogen and oxygen atoms in total. The number of aromatic amines is 1. The molecule has 0 spiro atoms. The van der Waals surface area contributed by atoms with Crippen LogP contribution in [0.1, 0.15) is 45.4 Å². The second-order valence-electron chi connectivity index (χ2n) is 5.64. The molecule has 1 aromatic heterocycles. The molecule has 6 heteroatoms. The number of hydrogen-bond donors (Lipinski definition) is 2. The van der Waals surface area contributed by atoms with Crippen molar-refractivity contribution in [1.29, 1.82) is 0 Å². The van der Waals surface area contributed by atoms with Gasteiger partial charge in [-0.3, -0.25) is 4.57 Å². The van der Waals surface area contributed by atoms with E-state index in [-0.39, 0.29) is 5.69 Å². The number of aromatic nitrogens is 3. The van der Waals surface area contributed by atoms with Crippen LogP contribution in [0.15, 0.2) is 9.95 Å². The topological polar surface area (TPSA) is 62.7 Å². The smallest absolute Gasteiger partial charge is 0.313 e. The Labute approximate surface area is 124 Å². The summed E-state index contributed by atoms with van der Waals surface area (Å²) in [5.74, 6) is 1.77. The molecule has 1 unspecified atom stereocenters. The summed E-state index contributed by atoms with van der Waals surface area (Å²) in [5.41, 5.74) is -0.136. The van der Waals surface area contributed by atoms with Crippen LogP contribution in [0.4, 0.5) is 0 Å². The van der Waals surface area contributed by atoms with Gasteiger partial charge in [0.05, 0.1) is 0 Å². The first-order chi connectivity index (χ1) is 9.72. The fourth-order valence-corrected chi connectivity index (χ4v) is 3.96. The summed E-state index contributed by atoms with van der Waals surface area (Å²) in [6, 6.07) is 0.534. The van der Waals surface area contributed by atoms with Crippen molar-refractivity contribution in [1.82, 2.24) is 20.1 Å². The van der Waals surface area contributed by atoms with Crippen molar-refractivity contribution < 1.29 is 0 Å². The standard InChI is InChI=1S/C14H26N4OS/c1-3-9-15-12(11-7-5-4-6-8-11)10-20-14-17-16-13(19)18(14)2/h11-12,15H,3-10H2,1-2H3,(H,16,19). The molecule has 1 fully saturated rings. The van der Waals surface area contributed by atoms with Crippen molar-refractivity contribution in [2.24, 2.45) is 13.0 Å². The summed E-state index contributed by atoms with van der Waals surface area (Å²) in [5, 5.41) is 11.0. The summed E-state index contributed by atoms with van der Waals surface area (Å²) in [6.07, 6.45) is 7.94. The predicted octanol–water partition coefficient (Wildman–Crippen LogP) is 2.15. The Hall–Kier alpha value is -0.750. The van der Waals surface area contributed by atoms with E-state index in [1.807, 2.05) is 0 Å². The van der Waals surface area contributed by atoms with Crippen LogP contribution in [-0.4, -0.2) is 33.1 Å². The molecular weight excluding hydrogens is 272 g/mol. The third-order valence-electron chi connectivity index (χ3n) is 4.11. The molecule has 2 rings (SSSR count). The van der Waals surface area contributed by atoms with E-state index in [4.69, 9.17) is 0 Å². The lowest BCUT2D eigenvalue weighted by molar-refractivity contribution is 0.285. The van der Waals surface area contributed by atoms with E-state index in [1.54, 1.807) is 23.4 Å². The zero-order valence-electron chi connectivity index (χ0n) is 12.5. The van der Waals surface area contributed by atoms with Gasteiger partial charge < -0.3 is 5.32 Å². The first kappa shape index (κ1) is 15.6. The lowest BCUT2D eigenvalue weighted by Gasteiger charge is -2.30. The highest BCUT2D eigenvalue weighted by atomic mass is 32.2. The summed E-state index contributed by atoms with van der Waals surface area (Å²) >= 11 is 1.68. The van der Waals surface area contributed by atoms with Crippen molar-refractivity contribution >= 4 is 11.8 Å². The minimum Gasteiger partial charge on any atom is -0.313 e. The minimum absolute atomic E-state index is 0.136. The number of rotatable bonds is 7. The average Bonchev–Trinajstić information content (AvgIpc) is 2.80. The van der Waals surface area contributed by atoms with Gasteiger partial charge in [-0.2, -0.15) is 0 Å². The maximum absolute atomic E-state index is 11.4. The van der Waals surface area contributed by atoms with Crippen LogP contribution >= 0.6 is 11.8 Å². The Kier molecular flexibility index (Phi) is 6.16. The van der Waals surface area contributed by atoms with E-state index >= 15 is 0 Å². The van der Waals surface area contributed by atoms with Gasteiger partial charge >= 0.3 is 5.69 Å². The highest BCUT2D eigenvalue weighted by molar-refractivity contribution is 7.99. The van der Waals surface area contributed by atoms with Gasteiger partial charge in [-0.25, -0.2) is 9.89 Å². The van der Waals surface area contributed by atoms with E-state index < -0.39 is 0 Å². The van der Waals surface area contributed by atoms with Crippen LogP contribution in [0.5, 0.6) is 0 Å². The average molecular weight is 298 g/mol. The fourth-order valence-electron chi connectivity index (χ4n) is 2.85. The molecule has 1 saturated carbocycles. The lowest BCUT2D eigenvalue weighted by atomic mass is 9.84. The monoisotopic (exact) mass is 298 g/mol. The van der Waals surface area contributed by atoms with E-state index in [1.165, 1.54) is 32.1 Å². The second kappa shape index (κ2) is 7.88. The third-order valence-corrected chi connectivity index (χ3v) is 5.26. The lowest BCUT2D eigenvalue weighted by Crippen LogP contribution is -2.39. The molecule has 0 amide bonds. The maximum atomic E-state index is 11.4. The first-order valence-electron chi connectivity index (χ1n) is 7.70. The summed E-state index contributed by atoms with van der Waals surface area (Å²) < 4.78 is 1.59. The van der Waals surface area contributed by atoms with Crippen LogP contribution in [-0.2, 0) is 7.05 Å². The van der Waals surface area contributed by atoms with Crippen molar-refractivity contribution in [3.63, 3.8) is 0 Å². The van der Waals surface area contributed by atoms with Gasteiger partial charge in [0.25, 0.3) is 0 Å². The normalized spacial score (nSPS) is 18.3. The molecule has 1 heterocycles. The Morgan fingerprint density at radius 2 is 2.20 bits per heavy atom. The van der Waals surface area contributed by atoms with E-state index in [0.717, 1.165) is 29.8 Å². The van der Waals surface area contributed by atoms with Gasteiger partial charge in [0, 0.05) is 18.8 Å². The van der Waals surface area contributed by atoms with E-state index in [9.17, 15) is 4.79 Å². The molecule has 1 aliphatic carbocycles. The number of hydrogen-bond acceptors (Lipinski definition) is 4. The molecule has 0 aromatic carbocycles. The van der Waals surface area contributed by atoms with Crippen molar-refractivity contribution in [2.45, 2.75) is 56.6 Å². The molecular formula is C14H26N4OS. The number of thioether (sulfide) groups is 1.